The van der Waals surface area contributed by atoms with Gasteiger partial charge < -0.3 is 19.5 Å². The molecule has 0 fully saturated rings. The molecule has 1 aromatic heterocycles. The Bertz CT molecular complexity index is 974. The third-order valence-corrected chi connectivity index (χ3v) is 5.42. The van der Waals surface area contributed by atoms with Crippen molar-refractivity contribution < 1.29 is 19.0 Å². The van der Waals surface area contributed by atoms with Crippen LogP contribution < -0.4 is 14.8 Å². The minimum absolute atomic E-state index is 0.0512. The molecule has 1 amide bonds. The van der Waals surface area contributed by atoms with Crippen LogP contribution in [0.3, 0.4) is 0 Å². The SMILES string of the molecule is O=C(CCCOCCc1ccccc1)Nc1nc(-c2ccc3c(c2)OCCO3)cs1. The molecule has 1 aliphatic heterocycles. The number of benzene rings is 2. The lowest BCUT2D eigenvalue weighted by Crippen LogP contribution is -2.15. The van der Waals surface area contributed by atoms with Gasteiger partial charge in [-0.25, -0.2) is 4.98 Å². The van der Waals surface area contributed by atoms with E-state index in [1.54, 1.807) is 0 Å². The van der Waals surface area contributed by atoms with Crippen LogP contribution in [0, 0.1) is 0 Å². The number of carbonyl (C=O) groups is 1. The molecule has 3 aromatic rings. The normalized spacial score (nSPS) is 12.5. The first kappa shape index (κ1) is 20.4. The molecule has 0 atom stereocenters. The van der Waals surface area contributed by atoms with Gasteiger partial charge in [0.1, 0.15) is 13.2 Å². The number of nitrogens with zero attached hydrogens (tertiary/aromatic N) is 1. The number of rotatable bonds is 9. The molecular weight excluding hydrogens is 400 g/mol. The maximum absolute atomic E-state index is 12.2. The standard InChI is InChI=1S/C23H24N2O4S/c26-22(7-4-11-27-12-10-17-5-2-1-3-6-17)25-23-24-19(16-30-23)18-8-9-20-21(15-18)29-14-13-28-20/h1-3,5-6,8-9,15-16H,4,7,10-14H2,(H,24,25,26). The Hall–Kier alpha value is -2.90. The smallest absolute Gasteiger partial charge is 0.226 e. The van der Waals surface area contributed by atoms with Crippen molar-refractivity contribution in [2.75, 3.05) is 31.7 Å². The molecule has 1 N–H and O–H groups in total. The number of amides is 1. The molecule has 0 saturated heterocycles. The lowest BCUT2D eigenvalue weighted by molar-refractivity contribution is -0.116. The van der Waals surface area contributed by atoms with E-state index in [9.17, 15) is 4.79 Å². The molecule has 1 aliphatic rings. The molecule has 0 spiro atoms. The molecule has 0 radical (unpaired) electrons. The van der Waals surface area contributed by atoms with Gasteiger partial charge in [-0.1, -0.05) is 30.3 Å². The van der Waals surface area contributed by atoms with Crippen LogP contribution in [0.5, 0.6) is 11.5 Å². The minimum atomic E-state index is -0.0512. The van der Waals surface area contributed by atoms with E-state index in [0.29, 0.717) is 44.4 Å². The fourth-order valence-corrected chi connectivity index (χ4v) is 3.86. The first-order valence-electron chi connectivity index (χ1n) is 10.0. The summed E-state index contributed by atoms with van der Waals surface area (Å²) in [5, 5.41) is 5.38. The molecule has 30 heavy (non-hydrogen) atoms. The van der Waals surface area contributed by atoms with Crippen molar-refractivity contribution in [2.24, 2.45) is 0 Å². The van der Waals surface area contributed by atoms with Crippen molar-refractivity contribution >= 4 is 22.4 Å². The van der Waals surface area contributed by atoms with Gasteiger partial charge in [0, 0.05) is 24.0 Å². The summed E-state index contributed by atoms with van der Waals surface area (Å²) in [6, 6.07) is 16.0. The summed E-state index contributed by atoms with van der Waals surface area (Å²) in [5.74, 6) is 1.43. The number of carbonyl (C=O) groups excluding carboxylic acids is 1. The van der Waals surface area contributed by atoms with Gasteiger partial charge in [-0.15, -0.1) is 11.3 Å². The summed E-state index contributed by atoms with van der Waals surface area (Å²) in [6.45, 7) is 2.35. The van der Waals surface area contributed by atoms with Gasteiger partial charge >= 0.3 is 0 Å². The molecular formula is C23H24N2O4S. The van der Waals surface area contributed by atoms with E-state index in [4.69, 9.17) is 14.2 Å². The molecule has 0 aliphatic carbocycles. The summed E-state index contributed by atoms with van der Waals surface area (Å²) < 4.78 is 16.8. The number of anilines is 1. The largest absolute Gasteiger partial charge is 0.486 e. The summed E-state index contributed by atoms with van der Waals surface area (Å²) in [5.41, 5.74) is 2.99. The second kappa shape index (κ2) is 10.2. The fourth-order valence-electron chi connectivity index (χ4n) is 3.12. The highest BCUT2D eigenvalue weighted by molar-refractivity contribution is 7.14. The van der Waals surface area contributed by atoms with Crippen LogP contribution in [0.15, 0.2) is 53.9 Å². The van der Waals surface area contributed by atoms with Crippen LogP contribution >= 0.6 is 11.3 Å². The van der Waals surface area contributed by atoms with Gasteiger partial charge in [-0.2, -0.15) is 0 Å². The minimum Gasteiger partial charge on any atom is -0.486 e. The van der Waals surface area contributed by atoms with E-state index < -0.39 is 0 Å². The second-order valence-corrected chi connectivity index (χ2v) is 7.75. The van der Waals surface area contributed by atoms with E-state index in [-0.39, 0.29) is 5.91 Å². The zero-order valence-electron chi connectivity index (χ0n) is 16.6. The van der Waals surface area contributed by atoms with E-state index in [2.05, 4.69) is 22.4 Å². The van der Waals surface area contributed by atoms with Gasteiger partial charge in [-0.05, 0) is 36.6 Å². The van der Waals surface area contributed by atoms with Gasteiger partial charge in [0.2, 0.25) is 5.91 Å². The maximum Gasteiger partial charge on any atom is 0.226 e. The summed E-state index contributed by atoms with van der Waals surface area (Å²) in [4.78, 5) is 16.7. The van der Waals surface area contributed by atoms with Gasteiger partial charge in [0.05, 0.1) is 12.3 Å². The number of aromatic nitrogens is 1. The predicted molar refractivity (Wildman–Crippen MR) is 117 cm³/mol. The van der Waals surface area contributed by atoms with Crippen LogP contribution in [0.25, 0.3) is 11.3 Å². The average molecular weight is 425 g/mol. The first-order valence-corrected chi connectivity index (χ1v) is 10.9. The number of thiazole rings is 1. The third kappa shape index (κ3) is 5.58. The Morgan fingerprint density at radius 3 is 2.77 bits per heavy atom. The van der Waals surface area contributed by atoms with Crippen LogP contribution in [0.4, 0.5) is 5.13 Å². The van der Waals surface area contributed by atoms with E-state index in [0.717, 1.165) is 29.2 Å². The van der Waals surface area contributed by atoms with Crippen LogP contribution in [-0.2, 0) is 16.0 Å². The van der Waals surface area contributed by atoms with Crippen LogP contribution in [0.2, 0.25) is 0 Å². The predicted octanol–water partition coefficient (Wildman–Crippen LogP) is 4.56. The lowest BCUT2D eigenvalue weighted by atomic mass is 10.1. The molecule has 4 rings (SSSR count). The second-order valence-electron chi connectivity index (χ2n) is 6.90. The fraction of sp³-hybridized carbons (Fsp3) is 0.304. The van der Waals surface area contributed by atoms with Crippen molar-refractivity contribution in [3.63, 3.8) is 0 Å². The molecule has 2 aromatic carbocycles. The Morgan fingerprint density at radius 1 is 1.07 bits per heavy atom. The zero-order valence-corrected chi connectivity index (χ0v) is 17.5. The number of hydrogen-bond donors (Lipinski definition) is 1. The first-order chi connectivity index (χ1) is 14.8. The van der Waals surface area contributed by atoms with Crippen molar-refractivity contribution in [3.8, 4) is 22.8 Å². The van der Waals surface area contributed by atoms with Crippen molar-refractivity contribution in [1.82, 2.24) is 4.98 Å². The highest BCUT2D eigenvalue weighted by Crippen LogP contribution is 2.35. The summed E-state index contributed by atoms with van der Waals surface area (Å²) in [7, 11) is 0. The topological polar surface area (TPSA) is 69.7 Å². The average Bonchev–Trinajstić information content (AvgIpc) is 3.25. The third-order valence-electron chi connectivity index (χ3n) is 4.66. The zero-order chi connectivity index (χ0) is 20.6. The molecule has 7 heteroatoms. The van der Waals surface area contributed by atoms with E-state index in [1.165, 1.54) is 16.9 Å². The Balaban J connectivity index is 1.19. The van der Waals surface area contributed by atoms with E-state index >= 15 is 0 Å². The molecule has 0 unspecified atom stereocenters. The lowest BCUT2D eigenvalue weighted by Gasteiger charge is -2.18. The number of hydrogen-bond acceptors (Lipinski definition) is 6. The Labute approximate surface area is 179 Å². The maximum atomic E-state index is 12.2. The van der Waals surface area contributed by atoms with Crippen molar-refractivity contribution in [3.05, 3.63) is 59.5 Å². The summed E-state index contributed by atoms with van der Waals surface area (Å²) in [6.07, 6.45) is 1.97. The summed E-state index contributed by atoms with van der Waals surface area (Å²) >= 11 is 1.41. The van der Waals surface area contributed by atoms with Gasteiger partial charge in [0.15, 0.2) is 16.6 Å². The van der Waals surface area contributed by atoms with Gasteiger partial charge in [-0.3, -0.25) is 4.79 Å². The van der Waals surface area contributed by atoms with Gasteiger partial charge in [0.25, 0.3) is 0 Å². The number of fused-ring (bicyclic) bond motifs is 1. The Kier molecular flexibility index (Phi) is 6.95. The number of ether oxygens (including phenoxy) is 3. The van der Waals surface area contributed by atoms with Crippen LogP contribution in [-0.4, -0.2) is 37.3 Å². The monoisotopic (exact) mass is 424 g/mol. The van der Waals surface area contributed by atoms with E-state index in [1.807, 2.05) is 41.8 Å². The molecule has 0 saturated carbocycles. The highest BCUT2D eigenvalue weighted by Gasteiger charge is 2.14. The molecule has 2 heterocycles. The van der Waals surface area contributed by atoms with Crippen LogP contribution in [0.1, 0.15) is 18.4 Å². The molecule has 0 bridgehead atoms. The highest BCUT2D eigenvalue weighted by atomic mass is 32.1. The molecule has 6 nitrogen and oxygen atoms in total. The van der Waals surface area contributed by atoms with Crippen molar-refractivity contribution in [1.29, 1.82) is 0 Å². The number of nitrogens with one attached hydrogen (secondary N) is 1. The quantitative estimate of drug-likeness (QED) is 0.510. The molecule has 156 valence electrons. The van der Waals surface area contributed by atoms with Crippen molar-refractivity contribution in [2.45, 2.75) is 19.3 Å². The Morgan fingerprint density at radius 2 is 1.90 bits per heavy atom.